The highest BCUT2D eigenvalue weighted by Gasteiger charge is 2.36. The molecule has 1 aliphatic rings. The number of nitro groups is 1. The second kappa shape index (κ2) is 4.33. The summed E-state index contributed by atoms with van der Waals surface area (Å²) in [5.74, 6) is 0.990. The Morgan fingerprint density at radius 3 is 2.76 bits per heavy atom. The zero-order valence-electron chi connectivity index (χ0n) is 9.96. The zero-order valence-corrected chi connectivity index (χ0v) is 9.96. The number of aryl methyl sites for hydroxylation is 1. The summed E-state index contributed by atoms with van der Waals surface area (Å²) in [6.07, 6.45) is 2.03. The van der Waals surface area contributed by atoms with E-state index in [1.807, 2.05) is 4.90 Å². The summed E-state index contributed by atoms with van der Waals surface area (Å²) < 4.78 is 1.71. The molecule has 0 spiro atoms. The highest BCUT2D eigenvalue weighted by atomic mass is 16.6. The Morgan fingerprint density at radius 1 is 1.65 bits per heavy atom. The topological polar surface area (TPSA) is 84.4 Å². The van der Waals surface area contributed by atoms with E-state index in [9.17, 15) is 10.1 Å². The molecule has 2 rings (SSSR count). The van der Waals surface area contributed by atoms with Gasteiger partial charge < -0.3 is 20.1 Å². The van der Waals surface area contributed by atoms with Gasteiger partial charge in [-0.2, -0.15) is 0 Å². The van der Waals surface area contributed by atoms with Crippen molar-refractivity contribution in [3.8, 4) is 0 Å². The molecular formula is C10H16N4O3. The first-order valence-electron chi connectivity index (χ1n) is 5.61. The molecule has 0 aromatic carbocycles. The second-order valence-corrected chi connectivity index (χ2v) is 4.27. The molecule has 1 aromatic rings. The highest BCUT2D eigenvalue weighted by Crippen LogP contribution is 2.36. The lowest BCUT2D eigenvalue weighted by atomic mass is 10.4. The van der Waals surface area contributed by atoms with Crippen LogP contribution in [0.3, 0.4) is 0 Å². The quantitative estimate of drug-likeness (QED) is 0.601. The van der Waals surface area contributed by atoms with E-state index in [0.29, 0.717) is 24.2 Å². The Morgan fingerprint density at radius 2 is 2.29 bits per heavy atom. The van der Waals surface area contributed by atoms with Gasteiger partial charge in [0.05, 0.1) is 6.61 Å². The molecule has 7 nitrogen and oxygen atoms in total. The molecular weight excluding hydrogens is 224 g/mol. The van der Waals surface area contributed by atoms with E-state index in [4.69, 9.17) is 5.11 Å². The SMILES string of the molecule is Cc1nc([N+](=O)[O-])c(N(CCO)C2CC2)n1C. The maximum atomic E-state index is 11.0. The first-order valence-corrected chi connectivity index (χ1v) is 5.61. The normalized spacial score (nSPS) is 15.0. The molecule has 0 aliphatic heterocycles. The van der Waals surface area contributed by atoms with Crippen LogP contribution in [0.15, 0.2) is 0 Å². The monoisotopic (exact) mass is 240 g/mol. The van der Waals surface area contributed by atoms with E-state index in [0.717, 1.165) is 12.8 Å². The van der Waals surface area contributed by atoms with Crippen LogP contribution in [0, 0.1) is 17.0 Å². The smallest absolute Gasteiger partial charge is 0.395 e. The lowest BCUT2D eigenvalue weighted by molar-refractivity contribution is -0.388. The number of imidazole rings is 1. The average molecular weight is 240 g/mol. The Kier molecular flexibility index (Phi) is 3.01. The van der Waals surface area contributed by atoms with Crippen molar-refractivity contribution in [1.29, 1.82) is 0 Å². The molecule has 1 aromatic heterocycles. The van der Waals surface area contributed by atoms with Crippen molar-refractivity contribution >= 4 is 11.6 Å². The molecule has 17 heavy (non-hydrogen) atoms. The first-order chi connectivity index (χ1) is 8.06. The number of rotatable bonds is 5. The van der Waals surface area contributed by atoms with Crippen molar-refractivity contribution in [3.63, 3.8) is 0 Å². The van der Waals surface area contributed by atoms with Crippen LogP contribution in [0.25, 0.3) is 0 Å². The third kappa shape index (κ3) is 2.10. The van der Waals surface area contributed by atoms with Gasteiger partial charge in [-0.05, 0) is 22.7 Å². The molecule has 0 bridgehead atoms. The minimum absolute atomic E-state index is 0.0160. The Hall–Kier alpha value is -1.63. The van der Waals surface area contributed by atoms with Crippen LogP contribution in [0.4, 0.5) is 11.6 Å². The fraction of sp³-hybridized carbons (Fsp3) is 0.700. The summed E-state index contributed by atoms with van der Waals surface area (Å²) in [6.45, 7) is 2.13. The van der Waals surface area contributed by atoms with Gasteiger partial charge in [0, 0.05) is 26.6 Å². The van der Waals surface area contributed by atoms with E-state index in [1.165, 1.54) is 0 Å². The molecule has 1 fully saturated rings. The summed E-state index contributed by atoms with van der Waals surface area (Å²) in [5.41, 5.74) is 0. The molecule has 7 heteroatoms. The summed E-state index contributed by atoms with van der Waals surface area (Å²) >= 11 is 0. The van der Waals surface area contributed by atoms with Crippen molar-refractivity contribution in [3.05, 3.63) is 15.9 Å². The second-order valence-electron chi connectivity index (χ2n) is 4.27. The summed E-state index contributed by atoms with van der Waals surface area (Å²) in [5, 5.41) is 20.0. The standard InChI is InChI=1S/C10H16N4O3/c1-7-11-9(14(16)17)10(12(7)2)13(5-6-15)8-3-4-8/h8,15H,3-6H2,1-2H3. The number of hydrogen-bond acceptors (Lipinski definition) is 5. The number of nitrogens with zero attached hydrogens (tertiary/aromatic N) is 4. The molecule has 1 aliphatic carbocycles. The van der Waals surface area contributed by atoms with Gasteiger partial charge in [-0.1, -0.05) is 0 Å². The van der Waals surface area contributed by atoms with E-state index in [-0.39, 0.29) is 12.4 Å². The van der Waals surface area contributed by atoms with Crippen molar-refractivity contribution < 1.29 is 10.0 Å². The van der Waals surface area contributed by atoms with Crippen LogP contribution in [-0.4, -0.2) is 38.8 Å². The van der Waals surface area contributed by atoms with Gasteiger partial charge in [0.25, 0.3) is 0 Å². The minimum Gasteiger partial charge on any atom is -0.395 e. The van der Waals surface area contributed by atoms with Crippen molar-refractivity contribution in [2.45, 2.75) is 25.8 Å². The van der Waals surface area contributed by atoms with Crippen LogP contribution >= 0.6 is 0 Å². The van der Waals surface area contributed by atoms with E-state index in [2.05, 4.69) is 4.98 Å². The number of aliphatic hydroxyl groups excluding tert-OH is 1. The van der Waals surface area contributed by atoms with Gasteiger partial charge in [0.1, 0.15) is 0 Å². The number of aliphatic hydroxyl groups is 1. The van der Waals surface area contributed by atoms with Crippen LogP contribution in [0.5, 0.6) is 0 Å². The molecule has 1 heterocycles. The Balaban J connectivity index is 2.43. The average Bonchev–Trinajstić information content (AvgIpc) is 3.05. The molecule has 0 unspecified atom stereocenters. The number of hydrogen-bond donors (Lipinski definition) is 1. The van der Waals surface area contributed by atoms with Gasteiger partial charge in [0.15, 0.2) is 0 Å². The summed E-state index contributed by atoms with van der Waals surface area (Å²) in [6, 6.07) is 0.302. The van der Waals surface area contributed by atoms with E-state index < -0.39 is 4.92 Å². The molecule has 94 valence electrons. The number of anilines is 1. The van der Waals surface area contributed by atoms with Gasteiger partial charge >= 0.3 is 5.82 Å². The maximum Gasteiger partial charge on any atom is 0.406 e. The maximum absolute atomic E-state index is 11.0. The van der Waals surface area contributed by atoms with Crippen LogP contribution in [0.1, 0.15) is 18.7 Å². The molecule has 0 atom stereocenters. The zero-order chi connectivity index (χ0) is 12.6. The first kappa shape index (κ1) is 11.8. The van der Waals surface area contributed by atoms with Crippen molar-refractivity contribution in [1.82, 2.24) is 9.55 Å². The largest absolute Gasteiger partial charge is 0.406 e. The Bertz CT molecular complexity index is 439. The number of aromatic nitrogens is 2. The molecule has 0 radical (unpaired) electrons. The third-order valence-corrected chi connectivity index (χ3v) is 3.04. The molecule has 0 amide bonds. The van der Waals surface area contributed by atoms with Gasteiger partial charge in [0.2, 0.25) is 11.6 Å². The van der Waals surface area contributed by atoms with Crippen molar-refractivity contribution in [2.75, 3.05) is 18.1 Å². The predicted octanol–water partition coefficient (Wildman–Crippen LogP) is 0.598. The lowest BCUT2D eigenvalue weighted by Gasteiger charge is -2.22. The fourth-order valence-corrected chi connectivity index (χ4v) is 1.98. The van der Waals surface area contributed by atoms with Crippen molar-refractivity contribution in [2.24, 2.45) is 7.05 Å². The van der Waals surface area contributed by atoms with Crippen LogP contribution in [0.2, 0.25) is 0 Å². The van der Waals surface area contributed by atoms with Gasteiger partial charge in [-0.3, -0.25) is 4.57 Å². The molecule has 0 saturated heterocycles. The highest BCUT2D eigenvalue weighted by molar-refractivity contribution is 5.57. The summed E-state index contributed by atoms with van der Waals surface area (Å²) in [7, 11) is 1.76. The molecule has 1 saturated carbocycles. The lowest BCUT2D eigenvalue weighted by Crippen LogP contribution is -2.31. The van der Waals surface area contributed by atoms with E-state index in [1.54, 1.807) is 18.5 Å². The van der Waals surface area contributed by atoms with Crippen LogP contribution in [-0.2, 0) is 7.05 Å². The van der Waals surface area contributed by atoms with Crippen LogP contribution < -0.4 is 4.90 Å². The van der Waals surface area contributed by atoms with E-state index >= 15 is 0 Å². The fourth-order valence-electron chi connectivity index (χ4n) is 1.98. The predicted molar refractivity (Wildman–Crippen MR) is 62.1 cm³/mol. The summed E-state index contributed by atoms with van der Waals surface area (Å²) in [4.78, 5) is 16.4. The minimum atomic E-state index is -0.463. The van der Waals surface area contributed by atoms with Gasteiger partial charge in [-0.25, -0.2) is 0 Å². The Labute approximate surface area is 98.8 Å². The molecule has 1 N–H and O–H groups in total. The third-order valence-electron chi connectivity index (χ3n) is 3.04. The van der Waals surface area contributed by atoms with Gasteiger partial charge in [-0.15, -0.1) is 0 Å².